The average Bonchev–Trinajstić information content (AvgIpc) is 2.48. The van der Waals surface area contributed by atoms with Crippen molar-refractivity contribution in [2.24, 2.45) is 5.73 Å². The van der Waals surface area contributed by atoms with Crippen molar-refractivity contribution in [3.63, 3.8) is 0 Å². The molecule has 1 aromatic heterocycles. The molecule has 4 heteroatoms. The number of nitrogens with zero attached hydrogens (tertiary/aromatic N) is 1. The first-order valence-corrected chi connectivity index (χ1v) is 6.79. The normalized spacial score (nSPS) is 17.3. The number of pyridine rings is 1. The predicted octanol–water partition coefficient (Wildman–Crippen LogP) is 2.82. The molecule has 1 aliphatic rings. The molecule has 0 saturated heterocycles. The largest absolute Gasteiger partial charge is 0.469 e. The zero-order valence-corrected chi connectivity index (χ0v) is 11.2. The van der Waals surface area contributed by atoms with Crippen molar-refractivity contribution >= 4 is 5.84 Å². The van der Waals surface area contributed by atoms with Crippen molar-refractivity contribution in [1.29, 1.82) is 5.41 Å². The topological polar surface area (TPSA) is 72.0 Å². The van der Waals surface area contributed by atoms with Gasteiger partial charge in [0.1, 0.15) is 11.9 Å². The SMILES string of the molecule is N=C(N)c1ccc(OC2CCCc3ccccc32)nc1. The summed E-state index contributed by atoms with van der Waals surface area (Å²) in [5.74, 6) is 0.601. The molecule has 20 heavy (non-hydrogen) atoms. The van der Waals surface area contributed by atoms with E-state index in [2.05, 4.69) is 23.2 Å². The van der Waals surface area contributed by atoms with Crippen molar-refractivity contribution < 1.29 is 4.74 Å². The lowest BCUT2D eigenvalue weighted by Crippen LogP contribution is -2.16. The minimum absolute atomic E-state index is 0.0204. The van der Waals surface area contributed by atoms with Crippen molar-refractivity contribution in [3.8, 4) is 5.88 Å². The molecule has 0 radical (unpaired) electrons. The van der Waals surface area contributed by atoms with Crippen LogP contribution in [-0.4, -0.2) is 10.8 Å². The summed E-state index contributed by atoms with van der Waals surface area (Å²) < 4.78 is 5.99. The minimum atomic E-state index is 0.0204. The van der Waals surface area contributed by atoms with E-state index >= 15 is 0 Å². The van der Waals surface area contributed by atoms with Gasteiger partial charge in [-0.25, -0.2) is 4.98 Å². The second-order valence-corrected chi connectivity index (χ2v) is 5.00. The fourth-order valence-corrected chi connectivity index (χ4v) is 2.59. The summed E-state index contributed by atoms with van der Waals surface area (Å²) in [5, 5.41) is 7.35. The summed E-state index contributed by atoms with van der Waals surface area (Å²) >= 11 is 0. The Hall–Kier alpha value is -2.36. The van der Waals surface area contributed by atoms with Gasteiger partial charge < -0.3 is 10.5 Å². The highest BCUT2D eigenvalue weighted by atomic mass is 16.5. The van der Waals surface area contributed by atoms with Crippen LogP contribution in [0.25, 0.3) is 0 Å². The van der Waals surface area contributed by atoms with Gasteiger partial charge in [-0.15, -0.1) is 0 Å². The summed E-state index contributed by atoms with van der Waals surface area (Å²) in [6.45, 7) is 0. The van der Waals surface area contributed by atoms with E-state index < -0.39 is 0 Å². The zero-order valence-electron chi connectivity index (χ0n) is 11.2. The van der Waals surface area contributed by atoms with Crippen molar-refractivity contribution in [2.75, 3.05) is 0 Å². The van der Waals surface area contributed by atoms with Crippen LogP contribution >= 0.6 is 0 Å². The molecular weight excluding hydrogens is 250 g/mol. The Balaban J connectivity index is 1.80. The van der Waals surface area contributed by atoms with Crippen LogP contribution in [0.4, 0.5) is 0 Å². The summed E-state index contributed by atoms with van der Waals surface area (Å²) in [7, 11) is 0. The van der Waals surface area contributed by atoms with Gasteiger partial charge in [0.25, 0.3) is 0 Å². The molecule has 0 fully saturated rings. The first-order valence-electron chi connectivity index (χ1n) is 6.79. The molecule has 1 heterocycles. The predicted molar refractivity (Wildman–Crippen MR) is 78.0 cm³/mol. The molecule has 0 aliphatic heterocycles. The zero-order chi connectivity index (χ0) is 13.9. The van der Waals surface area contributed by atoms with E-state index in [1.165, 1.54) is 11.1 Å². The van der Waals surface area contributed by atoms with Gasteiger partial charge in [0.05, 0.1) is 0 Å². The van der Waals surface area contributed by atoms with Crippen molar-refractivity contribution in [1.82, 2.24) is 4.98 Å². The third kappa shape index (κ3) is 2.50. The Morgan fingerprint density at radius 2 is 2.10 bits per heavy atom. The second kappa shape index (κ2) is 5.33. The molecular formula is C16H17N3O. The number of ether oxygens (including phenoxy) is 1. The summed E-state index contributed by atoms with van der Waals surface area (Å²) in [6, 6.07) is 11.9. The van der Waals surface area contributed by atoms with Crippen LogP contribution in [0.5, 0.6) is 5.88 Å². The molecule has 102 valence electrons. The molecule has 3 rings (SSSR count). The highest BCUT2D eigenvalue weighted by Crippen LogP contribution is 2.32. The monoisotopic (exact) mass is 267 g/mol. The number of aryl methyl sites for hydroxylation is 1. The Bertz CT molecular complexity index is 622. The lowest BCUT2D eigenvalue weighted by molar-refractivity contribution is 0.176. The van der Waals surface area contributed by atoms with E-state index in [9.17, 15) is 0 Å². The van der Waals surface area contributed by atoms with Gasteiger partial charge in [-0.3, -0.25) is 5.41 Å². The maximum absolute atomic E-state index is 7.35. The van der Waals surface area contributed by atoms with Crippen molar-refractivity contribution in [3.05, 3.63) is 59.3 Å². The lowest BCUT2D eigenvalue weighted by Gasteiger charge is -2.25. The second-order valence-electron chi connectivity index (χ2n) is 5.00. The van der Waals surface area contributed by atoms with E-state index in [4.69, 9.17) is 15.9 Å². The van der Waals surface area contributed by atoms with Gasteiger partial charge in [-0.1, -0.05) is 24.3 Å². The number of benzene rings is 1. The quantitative estimate of drug-likeness (QED) is 0.663. The Kier molecular flexibility index (Phi) is 3.37. The van der Waals surface area contributed by atoms with E-state index in [1.807, 2.05) is 6.07 Å². The number of fused-ring (bicyclic) bond motifs is 1. The Morgan fingerprint density at radius 3 is 2.85 bits per heavy atom. The number of hydrogen-bond donors (Lipinski definition) is 2. The number of nitrogens with one attached hydrogen (secondary N) is 1. The maximum atomic E-state index is 7.35. The molecule has 0 spiro atoms. The summed E-state index contributed by atoms with van der Waals surface area (Å²) in [5.41, 5.74) is 8.65. The Labute approximate surface area is 118 Å². The number of aromatic nitrogens is 1. The van der Waals surface area contributed by atoms with Gasteiger partial charge in [0.2, 0.25) is 5.88 Å². The molecule has 1 aliphatic carbocycles. The van der Waals surface area contributed by atoms with Crippen LogP contribution in [0.15, 0.2) is 42.6 Å². The molecule has 2 aromatic rings. The standard InChI is InChI=1S/C16H17N3O/c17-16(18)12-8-9-15(19-10-12)20-14-7-3-5-11-4-1-2-6-13(11)14/h1-2,4,6,8-10,14H,3,5,7H2,(H3,17,18). The highest BCUT2D eigenvalue weighted by molar-refractivity contribution is 5.94. The van der Waals surface area contributed by atoms with Gasteiger partial charge in [-0.2, -0.15) is 0 Å². The highest BCUT2D eigenvalue weighted by Gasteiger charge is 2.21. The van der Waals surface area contributed by atoms with E-state index in [1.54, 1.807) is 18.3 Å². The maximum Gasteiger partial charge on any atom is 0.213 e. The number of nitrogen functional groups attached to an aromatic ring is 1. The molecule has 3 N–H and O–H groups in total. The van der Waals surface area contributed by atoms with Crippen LogP contribution in [-0.2, 0) is 6.42 Å². The molecule has 0 bridgehead atoms. The van der Waals surface area contributed by atoms with Crippen LogP contribution < -0.4 is 10.5 Å². The molecule has 1 aromatic carbocycles. The van der Waals surface area contributed by atoms with Crippen LogP contribution in [0.3, 0.4) is 0 Å². The number of hydrogen-bond acceptors (Lipinski definition) is 3. The molecule has 1 unspecified atom stereocenters. The fourth-order valence-electron chi connectivity index (χ4n) is 2.59. The van der Waals surface area contributed by atoms with E-state index in [-0.39, 0.29) is 11.9 Å². The number of rotatable bonds is 3. The molecule has 0 amide bonds. The molecule has 0 saturated carbocycles. The number of nitrogens with two attached hydrogens (primary N) is 1. The first kappa shape index (κ1) is 12.7. The lowest BCUT2D eigenvalue weighted by atomic mass is 9.89. The average molecular weight is 267 g/mol. The Morgan fingerprint density at radius 1 is 1.25 bits per heavy atom. The van der Waals surface area contributed by atoms with Crippen LogP contribution in [0.1, 0.15) is 35.6 Å². The third-order valence-corrected chi connectivity index (χ3v) is 3.62. The van der Waals surface area contributed by atoms with E-state index in [0.717, 1.165) is 19.3 Å². The third-order valence-electron chi connectivity index (χ3n) is 3.62. The van der Waals surface area contributed by atoms with Gasteiger partial charge in [0, 0.05) is 17.8 Å². The summed E-state index contributed by atoms with van der Waals surface area (Å²) in [6.07, 6.45) is 4.90. The van der Waals surface area contributed by atoms with Gasteiger partial charge in [-0.05, 0) is 36.5 Å². The van der Waals surface area contributed by atoms with E-state index in [0.29, 0.717) is 11.4 Å². The van der Waals surface area contributed by atoms with Crippen molar-refractivity contribution in [2.45, 2.75) is 25.4 Å². The summed E-state index contributed by atoms with van der Waals surface area (Å²) in [4.78, 5) is 4.22. The number of amidine groups is 1. The smallest absolute Gasteiger partial charge is 0.213 e. The van der Waals surface area contributed by atoms with Gasteiger partial charge in [0.15, 0.2) is 0 Å². The molecule has 4 nitrogen and oxygen atoms in total. The molecule has 1 atom stereocenters. The van der Waals surface area contributed by atoms with Gasteiger partial charge >= 0.3 is 0 Å². The first-order chi connectivity index (χ1) is 9.74. The van der Waals surface area contributed by atoms with Crippen LogP contribution in [0, 0.1) is 5.41 Å². The minimum Gasteiger partial charge on any atom is -0.469 e. The van der Waals surface area contributed by atoms with Crippen LogP contribution in [0.2, 0.25) is 0 Å². The fraction of sp³-hybridized carbons (Fsp3) is 0.250.